The lowest BCUT2D eigenvalue weighted by Crippen LogP contribution is -2.51. The van der Waals surface area contributed by atoms with Crippen LogP contribution in [-0.4, -0.2) is 44.0 Å². The topological polar surface area (TPSA) is 75.4 Å². The van der Waals surface area contributed by atoms with Crippen LogP contribution in [0.25, 0.3) is 11.0 Å². The summed E-state index contributed by atoms with van der Waals surface area (Å²) in [5, 5.41) is 9.44. The molecule has 2 heterocycles. The first kappa shape index (κ1) is 14.6. The van der Waals surface area contributed by atoms with Crippen LogP contribution in [0.15, 0.2) is 24.5 Å². The minimum absolute atomic E-state index is 0.0335. The molecule has 1 aliphatic heterocycles. The molecule has 1 aromatic heterocycles. The van der Waals surface area contributed by atoms with Crippen molar-refractivity contribution in [3.05, 3.63) is 30.1 Å². The van der Waals surface area contributed by atoms with Gasteiger partial charge in [0.1, 0.15) is 6.04 Å². The van der Waals surface area contributed by atoms with E-state index in [2.05, 4.69) is 4.98 Å². The number of carbonyl (C=O) groups is 2. The molecule has 1 amide bonds. The maximum absolute atomic E-state index is 12.7. The molecule has 2 aromatic rings. The van der Waals surface area contributed by atoms with Crippen LogP contribution in [0, 0.1) is 5.92 Å². The van der Waals surface area contributed by atoms with E-state index in [-0.39, 0.29) is 11.8 Å². The standard InChI is InChI=1S/C16H19N3O3/c1-10-4-3-7-19(14(10)16(21)22)15(20)11-5-6-13-12(8-11)17-9-18(13)2/h5-6,8-10,14H,3-4,7H2,1-2H3,(H,21,22). The Morgan fingerprint density at radius 2 is 2.14 bits per heavy atom. The molecule has 0 spiro atoms. The summed E-state index contributed by atoms with van der Waals surface area (Å²) < 4.78 is 1.88. The van der Waals surface area contributed by atoms with E-state index in [1.807, 2.05) is 24.6 Å². The minimum atomic E-state index is -0.931. The predicted molar refractivity (Wildman–Crippen MR) is 81.6 cm³/mol. The summed E-state index contributed by atoms with van der Waals surface area (Å²) in [4.78, 5) is 30.0. The monoisotopic (exact) mass is 301 g/mol. The number of hydrogen-bond acceptors (Lipinski definition) is 3. The van der Waals surface area contributed by atoms with Gasteiger partial charge in [-0.3, -0.25) is 4.79 Å². The Balaban J connectivity index is 1.94. The zero-order valence-corrected chi connectivity index (χ0v) is 12.7. The van der Waals surface area contributed by atoms with Crippen LogP contribution in [0.1, 0.15) is 30.1 Å². The lowest BCUT2D eigenvalue weighted by molar-refractivity contribution is -0.145. The van der Waals surface area contributed by atoms with E-state index in [4.69, 9.17) is 0 Å². The number of benzene rings is 1. The fraction of sp³-hybridized carbons (Fsp3) is 0.438. The molecule has 1 aromatic carbocycles. The largest absolute Gasteiger partial charge is 0.480 e. The molecule has 0 bridgehead atoms. The van der Waals surface area contributed by atoms with E-state index < -0.39 is 12.0 Å². The summed E-state index contributed by atoms with van der Waals surface area (Å²) in [6.07, 6.45) is 3.37. The van der Waals surface area contributed by atoms with Crippen LogP contribution < -0.4 is 0 Å². The van der Waals surface area contributed by atoms with E-state index in [0.29, 0.717) is 12.1 Å². The molecule has 2 atom stereocenters. The second kappa shape index (κ2) is 5.44. The fourth-order valence-electron chi connectivity index (χ4n) is 3.23. The zero-order chi connectivity index (χ0) is 15.9. The van der Waals surface area contributed by atoms with Gasteiger partial charge in [-0.15, -0.1) is 0 Å². The summed E-state index contributed by atoms with van der Waals surface area (Å²) in [6, 6.07) is 4.57. The molecule has 116 valence electrons. The number of carboxylic acid groups (broad SMARTS) is 1. The van der Waals surface area contributed by atoms with E-state index in [1.165, 1.54) is 4.90 Å². The van der Waals surface area contributed by atoms with Crippen molar-refractivity contribution in [2.24, 2.45) is 13.0 Å². The van der Waals surface area contributed by atoms with Gasteiger partial charge >= 0.3 is 5.97 Å². The van der Waals surface area contributed by atoms with Crippen molar-refractivity contribution < 1.29 is 14.7 Å². The molecule has 1 aliphatic rings. The second-order valence-electron chi connectivity index (χ2n) is 5.96. The highest BCUT2D eigenvalue weighted by molar-refractivity contribution is 5.99. The number of piperidine rings is 1. The number of aromatic nitrogens is 2. The summed E-state index contributed by atoms with van der Waals surface area (Å²) in [5.41, 5.74) is 2.18. The Bertz CT molecular complexity index is 737. The van der Waals surface area contributed by atoms with Gasteiger partial charge < -0.3 is 14.6 Å². The van der Waals surface area contributed by atoms with Gasteiger partial charge in [0.15, 0.2) is 0 Å². The maximum Gasteiger partial charge on any atom is 0.326 e. The number of nitrogens with zero attached hydrogens (tertiary/aromatic N) is 3. The molecule has 1 N–H and O–H groups in total. The lowest BCUT2D eigenvalue weighted by atomic mass is 9.90. The zero-order valence-electron chi connectivity index (χ0n) is 12.7. The molecule has 3 rings (SSSR count). The van der Waals surface area contributed by atoms with Gasteiger partial charge in [-0.1, -0.05) is 6.92 Å². The summed E-state index contributed by atoms with van der Waals surface area (Å²) >= 11 is 0. The summed E-state index contributed by atoms with van der Waals surface area (Å²) in [7, 11) is 1.89. The van der Waals surface area contributed by atoms with E-state index in [9.17, 15) is 14.7 Å². The maximum atomic E-state index is 12.7. The molecule has 6 nitrogen and oxygen atoms in total. The van der Waals surface area contributed by atoms with E-state index in [1.54, 1.807) is 18.5 Å². The van der Waals surface area contributed by atoms with Gasteiger partial charge in [-0.2, -0.15) is 0 Å². The highest BCUT2D eigenvalue weighted by Gasteiger charge is 2.37. The first-order valence-electron chi connectivity index (χ1n) is 7.44. The Morgan fingerprint density at radius 1 is 1.36 bits per heavy atom. The number of imidazole rings is 1. The van der Waals surface area contributed by atoms with Crippen LogP contribution in [0.5, 0.6) is 0 Å². The number of carboxylic acids is 1. The van der Waals surface area contributed by atoms with Crippen molar-refractivity contribution in [3.8, 4) is 0 Å². The van der Waals surface area contributed by atoms with Crippen molar-refractivity contribution in [1.29, 1.82) is 0 Å². The molecule has 2 unspecified atom stereocenters. The van der Waals surface area contributed by atoms with Gasteiger partial charge in [0.05, 0.1) is 17.4 Å². The average Bonchev–Trinajstić information content (AvgIpc) is 2.86. The van der Waals surface area contributed by atoms with Crippen molar-refractivity contribution in [3.63, 3.8) is 0 Å². The number of aryl methyl sites for hydroxylation is 1. The molecule has 1 saturated heterocycles. The van der Waals surface area contributed by atoms with Gasteiger partial charge in [0.25, 0.3) is 5.91 Å². The fourth-order valence-corrected chi connectivity index (χ4v) is 3.23. The second-order valence-corrected chi connectivity index (χ2v) is 5.96. The number of rotatable bonds is 2. The van der Waals surface area contributed by atoms with Gasteiger partial charge in [-0.25, -0.2) is 9.78 Å². The number of aliphatic carboxylic acids is 1. The van der Waals surface area contributed by atoms with Crippen LogP contribution in [0.4, 0.5) is 0 Å². The van der Waals surface area contributed by atoms with Gasteiger partial charge in [0.2, 0.25) is 0 Å². The summed E-state index contributed by atoms with van der Waals surface area (Å²) in [5.74, 6) is -1.19. The first-order valence-corrected chi connectivity index (χ1v) is 7.44. The molecule has 0 aliphatic carbocycles. The lowest BCUT2D eigenvalue weighted by Gasteiger charge is -2.37. The number of amides is 1. The number of carbonyl (C=O) groups excluding carboxylic acids is 1. The van der Waals surface area contributed by atoms with Crippen molar-refractivity contribution >= 4 is 22.9 Å². The Kier molecular flexibility index (Phi) is 3.60. The Labute approximate surface area is 128 Å². The Hall–Kier alpha value is -2.37. The molecular formula is C16H19N3O3. The molecule has 6 heteroatoms. The molecular weight excluding hydrogens is 282 g/mol. The van der Waals surface area contributed by atoms with Crippen LogP contribution >= 0.6 is 0 Å². The van der Waals surface area contributed by atoms with Gasteiger partial charge in [0, 0.05) is 19.2 Å². The molecule has 1 fully saturated rings. The average molecular weight is 301 g/mol. The Morgan fingerprint density at radius 3 is 2.86 bits per heavy atom. The van der Waals surface area contributed by atoms with Crippen LogP contribution in [0.2, 0.25) is 0 Å². The highest BCUT2D eigenvalue weighted by atomic mass is 16.4. The normalized spacial score (nSPS) is 22.0. The molecule has 0 radical (unpaired) electrons. The third-order valence-electron chi connectivity index (χ3n) is 4.42. The summed E-state index contributed by atoms with van der Waals surface area (Å²) in [6.45, 7) is 2.38. The number of likely N-dealkylation sites (tertiary alicyclic amines) is 1. The highest BCUT2D eigenvalue weighted by Crippen LogP contribution is 2.26. The smallest absolute Gasteiger partial charge is 0.326 e. The first-order chi connectivity index (χ1) is 10.5. The minimum Gasteiger partial charge on any atom is -0.480 e. The van der Waals surface area contributed by atoms with Crippen molar-refractivity contribution in [2.45, 2.75) is 25.8 Å². The predicted octanol–water partition coefficient (Wildman–Crippen LogP) is 1.90. The quantitative estimate of drug-likeness (QED) is 0.919. The van der Waals surface area contributed by atoms with Crippen LogP contribution in [0.3, 0.4) is 0 Å². The van der Waals surface area contributed by atoms with E-state index in [0.717, 1.165) is 23.9 Å². The van der Waals surface area contributed by atoms with Crippen molar-refractivity contribution in [2.75, 3.05) is 6.54 Å². The molecule has 22 heavy (non-hydrogen) atoms. The van der Waals surface area contributed by atoms with Crippen molar-refractivity contribution in [1.82, 2.24) is 14.5 Å². The SMILES string of the molecule is CC1CCCN(C(=O)c2ccc3c(c2)ncn3C)C1C(=O)O. The van der Waals surface area contributed by atoms with Crippen LogP contribution in [-0.2, 0) is 11.8 Å². The third-order valence-corrected chi connectivity index (χ3v) is 4.42. The number of hydrogen-bond donors (Lipinski definition) is 1. The number of fused-ring (bicyclic) bond motifs is 1. The third kappa shape index (κ3) is 2.34. The van der Waals surface area contributed by atoms with E-state index >= 15 is 0 Å². The van der Waals surface area contributed by atoms with Gasteiger partial charge in [-0.05, 0) is 37.0 Å². The molecule has 0 saturated carbocycles.